The van der Waals surface area contributed by atoms with E-state index in [-0.39, 0.29) is 5.54 Å². The minimum atomic E-state index is -0.899. The maximum Gasteiger partial charge on any atom is 0.119 e. The van der Waals surface area contributed by atoms with Gasteiger partial charge in [-0.15, -0.1) is 11.3 Å². The van der Waals surface area contributed by atoms with E-state index in [4.69, 9.17) is 0 Å². The molecule has 2 aromatic rings. The lowest BCUT2D eigenvalue weighted by Crippen LogP contribution is -2.40. The zero-order valence-electron chi connectivity index (χ0n) is 12.2. The number of hydrogen-bond donors (Lipinski definition) is 1. The molecule has 0 aliphatic carbocycles. The van der Waals surface area contributed by atoms with Gasteiger partial charge in [-0.1, -0.05) is 30.3 Å². The number of thiazole rings is 1. The molecular weight excluding hydrogens is 271 g/mol. The molecule has 4 heteroatoms. The average molecular weight is 292 g/mol. The molecule has 2 nitrogen and oxygen atoms in total. The highest BCUT2D eigenvalue weighted by Crippen LogP contribution is 2.22. The second kappa shape index (κ2) is 6.46. The Kier molecular flexibility index (Phi) is 4.89. The fourth-order valence-corrected chi connectivity index (χ4v) is 2.69. The second-order valence-corrected chi connectivity index (χ2v) is 6.87. The Morgan fingerprint density at radius 1 is 1.25 bits per heavy atom. The monoisotopic (exact) mass is 292 g/mol. The number of alkyl halides is 1. The van der Waals surface area contributed by atoms with Crippen LogP contribution in [0.4, 0.5) is 4.39 Å². The first kappa shape index (κ1) is 15.1. The molecule has 1 heterocycles. The van der Waals surface area contributed by atoms with Gasteiger partial charge in [-0.05, 0) is 20.8 Å². The highest BCUT2D eigenvalue weighted by molar-refractivity contribution is 7.09. The Balaban J connectivity index is 1.93. The molecule has 0 spiro atoms. The first-order valence-electron chi connectivity index (χ1n) is 6.83. The molecule has 108 valence electrons. The molecule has 0 aliphatic heterocycles. The smallest absolute Gasteiger partial charge is 0.119 e. The molecule has 1 aromatic heterocycles. The summed E-state index contributed by atoms with van der Waals surface area (Å²) in [4.78, 5) is 4.52. The second-order valence-electron chi connectivity index (χ2n) is 5.92. The number of aromatic nitrogens is 1. The van der Waals surface area contributed by atoms with E-state index in [0.29, 0.717) is 13.0 Å². The number of nitrogens with one attached hydrogen (secondary N) is 1. The van der Waals surface area contributed by atoms with Crippen molar-refractivity contribution in [3.63, 3.8) is 0 Å². The summed E-state index contributed by atoms with van der Waals surface area (Å²) in [6, 6.07) is 9.99. The molecule has 1 unspecified atom stereocenters. The summed E-state index contributed by atoms with van der Waals surface area (Å²) in [5.74, 6) is 0. The van der Waals surface area contributed by atoms with E-state index in [0.717, 1.165) is 16.3 Å². The lowest BCUT2D eigenvalue weighted by Gasteiger charge is -2.21. The number of nitrogens with zero attached hydrogens (tertiary/aromatic N) is 1. The van der Waals surface area contributed by atoms with Gasteiger partial charge in [0, 0.05) is 29.4 Å². The van der Waals surface area contributed by atoms with Gasteiger partial charge in [0.25, 0.3) is 0 Å². The van der Waals surface area contributed by atoms with Gasteiger partial charge in [0.1, 0.15) is 6.17 Å². The van der Waals surface area contributed by atoms with Crippen molar-refractivity contribution in [2.45, 2.75) is 38.9 Å². The molecule has 20 heavy (non-hydrogen) atoms. The van der Waals surface area contributed by atoms with Gasteiger partial charge >= 0.3 is 0 Å². The van der Waals surface area contributed by atoms with E-state index in [2.05, 4.69) is 10.3 Å². The van der Waals surface area contributed by atoms with Crippen molar-refractivity contribution in [3.8, 4) is 11.3 Å². The van der Waals surface area contributed by atoms with Crippen molar-refractivity contribution >= 4 is 11.3 Å². The molecular formula is C16H21FN2S. The quantitative estimate of drug-likeness (QED) is 0.898. The van der Waals surface area contributed by atoms with Crippen molar-refractivity contribution in [3.05, 3.63) is 40.7 Å². The minimum Gasteiger partial charge on any atom is -0.309 e. The third-order valence-corrected chi connectivity index (χ3v) is 3.74. The fourth-order valence-electron chi connectivity index (χ4n) is 1.82. The topological polar surface area (TPSA) is 24.9 Å². The fraction of sp³-hybridized carbons (Fsp3) is 0.438. The average Bonchev–Trinajstić information content (AvgIpc) is 2.85. The predicted molar refractivity (Wildman–Crippen MR) is 83.9 cm³/mol. The summed E-state index contributed by atoms with van der Waals surface area (Å²) in [6.07, 6.45) is -0.523. The molecule has 0 saturated heterocycles. The van der Waals surface area contributed by atoms with Crippen LogP contribution in [0.25, 0.3) is 11.3 Å². The van der Waals surface area contributed by atoms with Crippen LogP contribution in [0.5, 0.6) is 0 Å². The number of rotatable bonds is 5. The molecule has 1 aromatic carbocycles. The molecule has 1 N–H and O–H groups in total. The Morgan fingerprint density at radius 2 is 1.95 bits per heavy atom. The van der Waals surface area contributed by atoms with Crippen LogP contribution in [0, 0.1) is 0 Å². The van der Waals surface area contributed by atoms with Crippen molar-refractivity contribution in [1.82, 2.24) is 10.3 Å². The van der Waals surface area contributed by atoms with Crippen LogP contribution in [-0.2, 0) is 6.42 Å². The standard InChI is InChI=1S/C16H21FN2S/c1-16(2,3)18-10-13(17)9-15-19-14(11-20-15)12-7-5-4-6-8-12/h4-8,11,13,18H,9-10H2,1-3H3. The van der Waals surface area contributed by atoms with Crippen LogP contribution in [0.2, 0.25) is 0 Å². The molecule has 1 atom stereocenters. The van der Waals surface area contributed by atoms with E-state index in [1.807, 2.05) is 56.5 Å². The van der Waals surface area contributed by atoms with Gasteiger partial charge in [-0.25, -0.2) is 9.37 Å². The largest absolute Gasteiger partial charge is 0.309 e. The zero-order valence-corrected chi connectivity index (χ0v) is 13.0. The number of halogens is 1. The maximum absolute atomic E-state index is 13.9. The summed E-state index contributed by atoms with van der Waals surface area (Å²) < 4.78 is 13.9. The van der Waals surface area contributed by atoms with Crippen LogP contribution in [0.15, 0.2) is 35.7 Å². The van der Waals surface area contributed by atoms with E-state index >= 15 is 0 Å². The van der Waals surface area contributed by atoms with Crippen molar-refractivity contribution in [2.75, 3.05) is 6.54 Å². The first-order chi connectivity index (χ1) is 9.44. The van der Waals surface area contributed by atoms with Crippen molar-refractivity contribution in [1.29, 1.82) is 0 Å². The van der Waals surface area contributed by atoms with Gasteiger partial charge in [-0.2, -0.15) is 0 Å². The summed E-state index contributed by atoms with van der Waals surface area (Å²) in [6.45, 7) is 6.48. The van der Waals surface area contributed by atoms with Crippen LogP contribution >= 0.6 is 11.3 Å². The van der Waals surface area contributed by atoms with E-state index < -0.39 is 6.17 Å². The normalized spacial score (nSPS) is 13.4. The lowest BCUT2D eigenvalue weighted by atomic mass is 10.1. The van der Waals surface area contributed by atoms with Crippen LogP contribution in [0.3, 0.4) is 0 Å². The zero-order chi connectivity index (χ0) is 14.6. The summed E-state index contributed by atoms with van der Waals surface area (Å²) in [5.41, 5.74) is 1.96. The molecule has 0 bridgehead atoms. The summed E-state index contributed by atoms with van der Waals surface area (Å²) in [7, 11) is 0. The highest BCUT2D eigenvalue weighted by Gasteiger charge is 2.15. The van der Waals surface area contributed by atoms with Crippen LogP contribution in [0.1, 0.15) is 25.8 Å². The molecule has 0 radical (unpaired) electrons. The van der Waals surface area contributed by atoms with E-state index in [1.165, 1.54) is 11.3 Å². The Labute approximate surface area is 124 Å². The summed E-state index contributed by atoms with van der Waals surface area (Å²) in [5, 5.41) is 6.03. The molecule has 0 fully saturated rings. The van der Waals surface area contributed by atoms with Gasteiger partial charge in [-0.3, -0.25) is 0 Å². The predicted octanol–water partition coefficient (Wildman–Crippen LogP) is 4.08. The SMILES string of the molecule is CC(C)(C)NCC(F)Cc1nc(-c2ccccc2)cs1. The minimum absolute atomic E-state index is 0.0532. The molecule has 0 amide bonds. The molecule has 2 rings (SSSR count). The van der Waals surface area contributed by atoms with Gasteiger partial charge in [0.15, 0.2) is 0 Å². The Bertz CT molecular complexity index is 531. The number of hydrogen-bond acceptors (Lipinski definition) is 3. The highest BCUT2D eigenvalue weighted by atomic mass is 32.1. The molecule has 0 aliphatic rings. The first-order valence-corrected chi connectivity index (χ1v) is 7.71. The van der Waals surface area contributed by atoms with Crippen LogP contribution < -0.4 is 5.32 Å². The Morgan fingerprint density at radius 3 is 2.60 bits per heavy atom. The summed E-state index contributed by atoms with van der Waals surface area (Å²) >= 11 is 1.53. The maximum atomic E-state index is 13.9. The van der Waals surface area contributed by atoms with Gasteiger partial charge in [0.05, 0.1) is 10.7 Å². The van der Waals surface area contributed by atoms with E-state index in [9.17, 15) is 4.39 Å². The Hall–Kier alpha value is -1.26. The lowest BCUT2D eigenvalue weighted by molar-refractivity contribution is 0.284. The van der Waals surface area contributed by atoms with Crippen molar-refractivity contribution in [2.24, 2.45) is 0 Å². The van der Waals surface area contributed by atoms with E-state index in [1.54, 1.807) is 0 Å². The third-order valence-electron chi connectivity index (χ3n) is 2.87. The van der Waals surface area contributed by atoms with Gasteiger partial charge < -0.3 is 5.32 Å². The third kappa shape index (κ3) is 4.69. The van der Waals surface area contributed by atoms with Gasteiger partial charge in [0.2, 0.25) is 0 Å². The molecule has 0 saturated carbocycles. The van der Waals surface area contributed by atoms with Crippen LogP contribution in [-0.4, -0.2) is 23.2 Å². The van der Waals surface area contributed by atoms with Crippen molar-refractivity contribution < 1.29 is 4.39 Å². The number of benzene rings is 1.